The molecular formula is C13H20O2. The van der Waals surface area contributed by atoms with Gasteiger partial charge in [0.25, 0.3) is 0 Å². The maximum atomic E-state index is 7.88. The van der Waals surface area contributed by atoms with Crippen molar-refractivity contribution in [1.29, 1.82) is 0 Å². The third kappa shape index (κ3) is 1.13. The lowest BCUT2D eigenvalue weighted by Gasteiger charge is -2.60. The first-order chi connectivity index (χ1) is 8.15. The summed E-state index contributed by atoms with van der Waals surface area (Å²) < 4.78 is 27.7. The van der Waals surface area contributed by atoms with Crippen LogP contribution in [0.15, 0.2) is 0 Å². The van der Waals surface area contributed by atoms with E-state index in [1.165, 1.54) is 32.1 Å². The molecule has 2 atom stereocenters. The largest absolute Gasteiger partial charge is 0.349 e. The highest BCUT2D eigenvalue weighted by Crippen LogP contribution is 2.60. The predicted molar refractivity (Wildman–Crippen MR) is 56.3 cm³/mol. The fourth-order valence-corrected chi connectivity index (χ4v) is 4.65. The Morgan fingerprint density at radius 2 is 1.40 bits per heavy atom. The van der Waals surface area contributed by atoms with E-state index in [4.69, 9.17) is 12.2 Å². The average molecular weight is 210 g/mol. The highest BCUT2D eigenvalue weighted by atomic mass is 16.7. The van der Waals surface area contributed by atoms with Crippen LogP contribution < -0.4 is 0 Å². The van der Waals surface area contributed by atoms with Crippen LogP contribution in [0.2, 0.25) is 0 Å². The lowest BCUT2D eigenvalue weighted by atomic mass is 9.53. The summed E-state index contributed by atoms with van der Waals surface area (Å²) in [6.07, 6.45) is 6.60. The van der Waals surface area contributed by atoms with Gasteiger partial charge in [0.1, 0.15) is 0 Å². The van der Waals surface area contributed by atoms with Gasteiger partial charge in [-0.2, -0.15) is 0 Å². The standard InChI is InChI=1S/C13H20O2/c1-2-14-13(15-3-1)11-5-9-4-10(7-11)8-12(13)6-9/h9-12H,1-8H2/i2D,3D. The zero-order valence-electron chi connectivity index (χ0n) is 11.0. The molecule has 1 heterocycles. The van der Waals surface area contributed by atoms with Crippen molar-refractivity contribution in [2.75, 3.05) is 13.2 Å². The summed E-state index contributed by atoms with van der Waals surface area (Å²) in [7, 11) is 0. The number of hydrogen-bond donors (Lipinski definition) is 0. The molecule has 5 rings (SSSR count). The van der Waals surface area contributed by atoms with Crippen LogP contribution in [-0.4, -0.2) is 19.0 Å². The molecule has 2 nitrogen and oxygen atoms in total. The van der Waals surface area contributed by atoms with Gasteiger partial charge in [0.15, 0.2) is 5.79 Å². The van der Waals surface area contributed by atoms with Crippen molar-refractivity contribution in [3.8, 4) is 0 Å². The summed E-state index contributed by atoms with van der Waals surface area (Å²) in [6.45, 7) is -1.10. The molecule has 0 aromatic heterocycles. The summed E-state index contributed by atoms with van der Waals surface area (Å²) in [5, 5.41) is 0. The third-order valence-corrected chi connectivity index (χ3v) is 5.00. The second kappa shape index (κ2) is 2.98. The van der Waals surface area contributed by atoms with Gasteiger partial charge >= 0.3 is 0 Å². The topological polar surface area (TPSA) is 18.5 Å². The maximum Gasteiger partial charge on any atom is 0.173 e. The van der Waals surface area contributed by atoms with E-state index >= 15 is 0 Å². The van der Waals surface area contributed by atoms with Gasteiger partial charge in [0.2, 0.25) is 0 Å². The van der Waals surface area contributed by atoms with E-state index in [9.17, 15) is 0 Å². The Kier molecular flexibility index (Phi) is 1.45. The van der Waals surface area contributed by atoms with Crippen LogP contribution in [0.1, 0.15) is 41.3 Å². The molecule has 1 spiro atoms. The third-order valence-electron chi connectivity index (χ3n) is 5.00. The number of hydrogen-bond acceptors (Lipinski definition) is 2. The Morgan fingerprint density at radius 1 is 0.867 bits per heavy atom. The van der Waals surface area contributed by atoms with Gasteiger partial charge < -0.3 is 9.47 Å². The maximum absolute atomic E-state index is 7.88. The molecule has 0 N–H and O–H groups in total. The molecule has 15 heavy (non-hydrogen) atoms. The molecule has 5 aliphatic rings. The lowest BCUT2D eigenvalue weighted by molar-refractivity contribution is -0.358. The minimum absolute atomic E-state index is 0.397. The Bertz CT molecular complexity index is 293. The van der Waals surface area contributed by atoms with Gasteiger partial charge in [-0.05, 0) is 50.4 Å². The Morgan fingerprint density at radius 3 is 1.93 bits per heavy atom. The second-order valence-corrected chi connectivity index (χ2v) is 5.83. The Balaban J connectivity index is 1.68. The Labute approximate surface area is 94.1 Å². The van der Waals surface area contributed by atoms with Gasteiger partial charge in [-0.15, -0.1) is 0 Å². The zero-order chi connectivity index (χ0) is 11.6. The molecular weight excluding hydrogens is 188 g/mol. The lowest BCUT2D eigenvalue weighted by Crippen LogP contribution is -2.61. The van der Waals surface area contributed by atoms with Crippen molar-refractivity contribution in [2.45, 2.75) is 44.3 Å². The summed E-state index contributed by atoms with van der Waals surface area (Å²) >= 11 is 0. The smallest absolute Gasteiger partial charge is 0.173 e. The van der Waals surface area contributed by atoms with Gasteiger partial charge in [-0.3, -0.25) is 0 Å². The molecule has 4 bridgehead atoms. The van der Waals surface area contributed by atoms with Crippen LogP contribution in [0.5, 0.6) is 0 Å². The molecule has 2 unspecified atom stereocenters. The highest BCUT2D eigenvalue weighted by Gasteiger charge is 2.59. The van der Waals surface area contributed by atoms with Crippen molar-refractivity contribution in [3.63, 3.8) is 0 Å². The first-order valence-corrected chi connectivity index (χ1v) is 6.36. The second-order valence-electron chi connectivity index (χ2n) is 5.83. The molecule has 0 aromatic rings. The molecule has 4 saturated carbocycles. The molecule has 4 aliphatic carbocycles. The average Bonchev–Trinajstić information content (AvgIpc) is 2.24. The fourth-order valence-electron chi connectivity index (χ4n) is 4.65. The van der Waals surface area contributed by atoms with Crippen LogP contribution in [0.4, 0.5) is 0 Å². The van der Waals surface area contributed by atoms with E-state index in [2.05, 4.69) is 0 Å². The van der Waals surface area contributed by atoms with Crippen molar-refractivity contribution >= 4 is 0 Å². The van der Waals surface area contributed by atoms with E-state index < -0.39 is 19.0 Å². The first-order valence-electron chi connectivity index (χ1n) is 7.51. The van der Waals surface area contributed by atoms with Crippen molar-refractivity contribution in [2.24, 2.45) is 23.7 Å². The fraction of sp³-hybridized carbons (Fsp3) is 1.00. The van der Waals surface area contributed by atoms with E-state index in [1.807, 2.05) is 0 Å². The van der Waals surface area contributed by atoms with E-state index in [-0.39, 0.29) is 0 Å². The van der Waals surface area contributed by atoms with Gasteiger partial charge in [-0.25, -0.2) is 0 Å². The summed E-state index contributed by atoms with van der Waals surface area (Å²) in [4.78, 5) is 0. The number of rotatable bonds is 0. The van der Waals surface area contributed by atoms with Crippen molar-refractivity contribution in [3.05, 3.63) is 0 Å². The predicted octanol–water partition coefficient (Wildman–Crippen LogP) is 2.58. The number of ether oxygens (including phenoxy) is 2. The molecule has 5 fully saturated rings. The van der Waals surface area contributed by atoms with Crippen LogP contribution in [0.3, 0.4) is 0 Å². The highest BCUT2D eigenvalue weighted by molar-refractivity contribution is 5.04. The molecule has 84 valence electrons. The quantitative estimate of drug-likeness (QED) is 0.612. The van der Waals surface area contributed by atoms with Crippen LogP contribution in [-0.2, 0) is 9.47 Å². The van der Waals surface area contributed by atoms with Gasteiger partial charge in [-0.1, -0.05) is 0 Å². The molecule has 0 amide bonds. The van der Waals surface area contributed by atoms with Crippen LogP contribution in [0.25, 0.3) is 0 Å². The Hall–Kier alpha value is -0.0800. The zero-order valence-corrected chi connectivity index (χ0v) is 9.02. The summed E-state index contributed by atoms with van der Waals surface area (Å²) in [5.74, 6) is 2.10. The summed E-state index contributed by atoms with van der Waals surface area (Å²) in [6, 6.07) is 0. The van der Waals surface area contributed by atoms with Crippen LogP contribution >= 0.6 is 0 Å². The molecule has 0 aromatic carbocycles. The van der Waals surface area contributed by atoms with E-state index in [1.54, 1.807) is 0 Å². The normalized spacial score (nSPS) is 69.3. The van der Waals surface area contributed by atoms with E-state index in [0.29, 0.717) is 18.3 Å². The molecule has 1 aliphatic heterocycles. The minimum atomic E-state index is -0.552. The van der Waals surface area contributed by atoms with Crippen molar-refractivity contribution < 1.29 is 12.2 Å². The SMILES string of the molecule is [2H]C1CC([2H])OC2(O1)C1CC3CC(C1)CC2C3. The van der Waals surface area contributed by atoms with Gasteiger partial charge in [0.05, 0.1) is 15.9 Å². The van der Waals surface area contributed by atoms with Gasteiger partial charge in [0, 0.05) is 11.8 Å². The van der Waals surface area contributed by atoms with Crippen molar-refractivity contribution in [1.82, 2.24) is 0 Å². The van der Waals surface area contributed by atoms with E-state index in [0.717, 1.165) is 11.8 Å². The molecule has 0 radical (unpaired) electrons. The minimum Gasteiger partial charge on any atom is -0.349 e. The molecule has 2 heteroatoms. The summed E-state index contributed by atoms with van der Waals surface area (Å²) in [5.41, 5.74) is 0. The van der Waals surface area contributed by atoms with Crippen LogP contribution in [0, 0.1) is 23.7 Å². The first kappa shape index (κ1) is 7.29. The monoisotopic (exact) mass is 210 g/mol. The molecule has 1 saturated heterocycles.